The number of fused-ring (bicyclic) bond motifs is 3. The van der Waals surface area contributed by atoms with Crippen LogP contribution in [0.3, 0.4) is 0 Å². The minimum absolute atomic E-state index is 0.155. The molecule has 0 bridgehead atoms. The zero-order valence-electron chi connectivity index (χ0n) is 14.6. The minimum atomic E-state index is -0.667. The molecule has 3 aromatic rings. The molecule has 134 valence electrons. The van der Waals surface area contributed by atoms with Gasteiger partial charge in [0.15, 0.2) is 11.9 Å². The molecule has 0 spiro atoms. The number of aromatic amines is 1. The van der Waals surface area contributed by atoms with Crippen LogP contribution in [0.4, 0.5) is 0 Å². The van der Waals surface area contributed by atoms with Crippen LogP contribution in [0.2, 0.25) is 0 Å². The Morgan fingerprint density at radius 1 is 1.42 bits per heavy atom. The van der Waals surface area contributed by atoms with Crippen LogP contribution in [-0.4, -0.2) is 20.9 Å². The summed E-state index contributed by atoms with van der Waals surface area (Å²) in [4.78, 5) is 38.1. The van der Waals surface area contributed by atoms with E-state index in [1.165, 1.54) is 11.1 Å². The van der Waals surface area contributed by atoms with Crippen molar-refractivity contribution in [3.8, 4) is 0 Å². The van der Waals surface area contributed by atoms with Crippen LogP contribution in [0.5, 0.6) is 0 Å². The van der Waals surface area contributed by atoms with Gasteiger partial charge in [0.1, 0.15) is 10.5 Å². The lowest BCUT2D eigenvalue weighted by molar-refractivity contribution is 0.0313. The number of aromatic nitrogens is 3. The highest BCUT2D eigenvalue weighted by molar-refractivity contribution is 7.18. The van der Waals surface area contributed by atoms with Crippen LogP contribution in [0.1, 0.15) is 53.1 Å². The van der Waals surface area contributed by atoms with Crippen molar-refractivity contribution < 1.29 is 9.53 Å². The molecule has 0 saturated heterocycles. The van der Waals surface area contributed by atoms with Gasteiger partial charge in [-0.3, -0.25) is 4.79 Å². The number of hydrogen-bond acceptors (Lipinski definition) is 6. The highest BCUT2D eigenvalue weighted by atomic mass is 32.1. The quantitative estimate of drug-likeness (QED) is 0.715. The first-order valence-electron chi connectivity index (χ1n) is 8.69. The number of nitrogens with one attached hydrogen (secondary N) is 1. The summed E-state index contributed by atoms with van der Waals surface area (Å²) in [6.45, 7) is 3.93. The van der Waals surface area contributed by atoms with Gasteiger partial charge in [0, 0.05) is 11.1 Å². The molecular weight excluding hydrogens is 350 g/mol. The van der Waals surface area contributed by atoms with E-state index in [9.17, 15) is 9.59 Å². The van der Waals surface area contributed by atoms with E-state index in [-0.39, 0.29) is 11.3 Å². The van der Waals surface area contributed by atoms with Gasteiger partial charge >= 0.3 is 5.97 Å². The van der Waals surface area contributed by atoms with E-state index in [1.807, 2.05) is 0 Å². The number of aryl methyl sites for hydroxylation is 1. The minimum Gasteiger partial charge on any atom is -0.450 e. The first-order chi connectivity index (χ1) is 12.5. The molecule has 0 fully saturated rings. The monoisotopic (exact) mass is 369 g/mol. The van der Waals surface area contributed by atoms with Crippen molar-refractivity contribution in [2.24, 2.45) is 5.92 Å². The number of pyridine rings is 1. The molecule has 1 N–H and O–H groups in total. The molecule has 0 saturated carbocycles. The normalized spacial score (nSPS) is 17.7. The Morgan fingerprint density at radius 2 is 2.27 bits per heavy atom. The third-order valence-electron chi connectivity index (χ3n) is 4.73. The number of ether oxygens (including phenoxy) is 1. The van der Waals surface area contributed by atoms with E-state index in [1.54, 1.807) is 36.5 Å². The average Bonchev–Trinajstić information content (AvgIpc) is 3.00. The molecule has 0 unspecified atom stereocenters. The number of carbonyl (C=O) groups excluding carboxylic acids is 1. The van der Waals surface area contributed by atoms with Crippen LogP contribution < -0.4 is 5.56 Å². The van der Waals surface area contributed by atoms with Crippen molar-refractivity contribution in [1.82, 2.24) is 15.0 Å². The Balaban J connectivity index is 1.65. The molecule has 4 rings (SSSR count). The number of rotatable bonds is 3. The molecule has 0 aromatic carbocycles. The van der Waals surface area contributed by atoms with Crippen LogP contribution >= 0.6 is 11.3 Å². The van der Waals surface area contributed by atoms with Gasteiger partial charge in [-0.1, -0.05) is 13.0 Å². The Labute approximate surface area is 154 Å². The maximum absolute atomic E-state index is 12.6. The van der Waals surface area contributed by atoms with E-state index in [4.69, 9.17) is 4.74 Å². The summed E-state index contributed by atoms with van der Waals surface area (Å²) in [6.07, 6.45) is 3.88. The maximum atomic E-state index is 12.6. The Kier molecular flexibility index (Phi) is 4.32. The SMILES string of the molecule is C[C@@H]1CCc2c(sc3nc([C@@H](C)OC(=O)c4ccccn4)[nH]c(=O)c23)C1. The van der Waals surface area contributed by atoms with Gasteiger partial charge in [0.05, 0.1) is 5.39 Å². The van der Waals surface area contributed by atoms with E-state index in [0.717, 1.165) is 29.7 Å². The third-order valence-corrected chi connectivity index (χ3v) is 5.87. The second-order valence-electron chi connectivity index (χ2n) is 6.75. The highest BCUT2D eigenvalue weighted by Gasteiger charge is 2.24. The first kappa shape index (κ1) is 16.9. The van der Waals surface area contributed by atoms with Crippen molar-refractivity contribution in [3.63, 3.8) is 0 Å². The summed E-state index contributed by atoms with van der Waals surface area (Å²) in [7, 11) is 0. The molecular formula is C19H19N3O3S. The van der Waals surface area contributed by atoms with Crippen molar-refractivity contribution in [3.05, 3.63) is 56.7 Å². The fraction of sp³-hybridized carbons (Fsp3) is 0.368. The van der Waals surface area contributed by atoms with Crippen molar-refractivity contribution >= 4 is 27.5 Å². The number of hydrogen-bond donors (Lipinski definition) is 1. The lowest BCUT2D eigenvalue weighted by atomic mass is 9.89. The Morgan fingerprint density at radius 3 is 3.04 bits per heavy atom. The molecule has 3 aromatic heterocycles. The van der Waals surface area contributed by atoms with E-state index in [2.05, 4.69) is 21.9 Å². The Hall–Kier alpha value is -2.54. The molecule has 3 heterocycles. The molecule has 26 heavy (non-hydrogen) atoms. The van der Waals surface area contributed by atoms with Gasteiger partial charge in [0.25, 0.3) is 5.56 Å². The number of H-pyrrole nitrogens is 1. The molecule has 6 nitrogen and oxygen atoms in total. The zero-order chi connectivity index (χ0) is 18.3. The summed E-state index contributed by atoms with van der Waals surface area (Å²) in [5.74, 6) is 0.450. The molecule has 2 atom stereocenters. The van der Waals surface area contributed by atoms with Gasteiger partial charge in [-0.15, -0.1) is 11.3 Å². The third kappa shape index (κ3) is 3.03. The van der Waals surface area contributed by atoms with Crippen molar-refractivity contribution in [2.45, 2.75) is 39.2 Å². The van der Waals surface area contributed by atoms with E-state index < -0.39 is 12.1 Å². The second-order valence-corrected chi connectivity index (χ2v) is 7.83. The summed E-state index contributed by atoms with van der Waals surface area (Å²) >= 11 is 1.58. The molecule has 1 aliphatic rings. The number of thiophene rings is 1. The molecule has 7 heteroatoms. The summed E-state index contributed by atoms with van der Waals surface area (Å²) in [6, 6.07) is 5.03. The Bertz CT molecular complexity index is 1030. The van der Waals surface area contributed by atoms with Gasteiger partial charge in [-0.2, -0.15) is 0 Å². The average molecular weight is 369 g/mol. The molecule has 0 aliphatic heterocycles. The standard InChI is InChI=1S/C19H19N3O3S/c1-10-6-7-12-14(9-10)26-18-15(12)17(23)21-16(22-18)11(2)25-19(24)13-5-3-4-8-20-13/h3-5,8,10-11H,6-7,9H2,1-2H3,(H,21,22,23)/t10-,11-/m1/s1. The van der Waals surface area contributed by atoms with E-state index in [0.29, 0.717) is 17.1 Å². The van der Waals surface area contributed by atoms with Crippen LogP contribution in [0.15, 0.2) is 29.2 Å². The first-order valence-corrected chi connectivity index (χ1v) is 9.51. The predicted octanol–water partition coefficient (Wildman–Crippen LogP) is 3.42. The van der Waals surface area contributed by atoms with Gasteiger partial charge in [0.2, 0.25) is 0 Å². The topological polar surface area (TPSA) is 84.9 Å². The molecule has 0 radical (unpaired) electrons. The van der Waals surface area contributed by atoms with Crippen LogP contribution in [0.25, 0.3) is 10.2 Å². The smallest absolute Gasteiger partial charge is 0.357 e. The van der Waals surface area contributed by atoms with Gasteiger partial charge < -0.3 is 9.72 Å². The highest BCUT2D eigenvalue weighted by Crippen LogP contribution is 2.35. The molecule has 0 amide bonds. The number of esters is 1. The van der Waals surface area contributed by atoms with Gasteiger partial charge in [-0.05, 0) is 49.8 Å². The van der Waals surface area contributed by atoms with Gasteiger partial charge in [-0.25, -0.2) is 14.8 Å². The van der Waals surface area contributed by atoms with Crippen LogP contribution in [-0.2, 0) is 17.6 Å². The fourth-order valence-corrected chi connectivity index (χ4v) is 4.71. The van der Waals surface area contributed by atoms with Crippen molar-refractivity contribution in [1.29, 1.82) is 0 Å². The summed E-state index contributed by atoms with van der Waals surface area (Å²) in [5, 5.41) is 0.698. The lowest BCUT2D eigenvalue weighted by Crippen LogP contribution is -2.18. The zero-order valence-corrected chi connectivity index (χ0v) is 15.4. The lowest BCUT2D eigenvalue weighted by Gasteiger charge is -2.17. The maximum Gasteiger partial charge on any atom is 0.357 e. The fourth-order valence-electron chi connectivity index (χ4n) is 3.32. The summed E-state index contributed by atoms with van der Waals surface area (Å²) < 4.78 is 5.42. The number of carbonyl (C=O) groups is 1. The predicted molar refractivity (Wildman–Crippen MR) is 99.5 cm³/mol. The summed E-state index contributed by atoms with van der Waals surface area (Å²) in [5.41, 5.74) is 1.21. The van der Waals surface area contributed by atoms with E-state index >= 15 is 0 Å². The van der Waals surface area contributed by atoms with Crippen molar-refractivity contribution in [2.75, 3.05) is 0 Å². The largest absolute Gasteiger partial charge is 0.450 e. The van der Waals surface area contributed by atoms with Crippen LogP contribution in [0, 0.1) is 5.92 Å². The number of nitrogens with zero attached hydrogens (tertiary/aromatic N) is 2. The second kappa shape index (κ2) is 6.64. The molecule has 1 aliphatic carbocycles.